The Morgan fingerprint density at radius 1 is 1.19 bits per heavy atom. The van der Waals surface area contributed by atoms with Crippen LogP contribution >= 0.6 is 0 Å². The number of benzene rings is 1. The number of nitrogens with two attached hydrogens (primary N) is 1. The Morgan fingerprint density at radius 3 is 2.33 bits per heavy atom. The van der Waals surface area contributed by atoms with Gasteiger partial charge in [-0.25, -0.2) is 9.59 Å². The molecule has 0 spiro atoms. The first kappa shape index (κ1) is 16.7. The quantitative estimate of drug-likeness (QED) is 0.825. The van der Waals surface area contributed by atoms with Gasteiger partial charge in [0.2, 0.25) is 0 Å². The number of ether oxygens (including phenoxy) is 1. The highest BCUT2D eigenvalue weighted by Gasteiger charge is 2.28. The van der Waals surface area contributed by atoms with Gasteiger partial charge in [0, 0.05) is 0 Å². The second kappa shape index (κ2) is 6.88. The Balaban J connectivity index is 2.94. The molecule has 0 bridgehead atoms. The van der Waals surface area contributed by atoms with E-state index in [1.807, 2.05) is 18.3 Å². The lowest BCUT2D eigenvalue weighted by Crippen LogP contribution is -2.45. The monoisotopic (exact) mass is 292 g/mol. The maximum Gasteiger partial charge on any atom is 0.339 e. The molecule has 0 aromatic heterocycles. The molecule has 0 saturated carbocycles. The van der Waals surface area contributed by atoms with Crippen LogP contribution < -0.4 is 11.1 Å². The fourth-order valence-electron chi connectivity index (χ4n) is 1.84. The number of hydrogen-bond donors (Lipinski definition) is 2. The van der Waals surface area contributed by atoms with E-state index in [4.69, 9.17) is 10.5 Å². The summed E-state index contributed by atoms with van der Waals surface area (Å²) in [7, 11) is 0. The van der Waals surface area contributed by atoms with Crippen LogP contribution in [0.2, 0.25) is 0 Å². The Morgan fingerprint density at radius 2 is 1.81 bits per heavy atom. The third-order valence-corrected chi connectivity index (χ3v) is 3.17. The van der Waals surface area contributed by atoms with Crippen LogP contribution in [-0.2, 0) is 9.53 Å². The number of urea groups is 1. The lowest BCUT2D eigenvalue weighted by atomic mass is 10.0. The van der Waals surface area contributed by atoms with Crippen LogP contribution in [0.5, 0.6) is 0 Å². The molecule has 0 aliphatic carbocycles. The summed E-state index contributed by atoms with van der Waals surface area (Å²) < 4.78 is 5.24. The van der Waals surface area contributed by atoms with Crippen molar-refractivity contribution in [3.05, 3.63) is 34.9 Å². The number of aryl methyl sites for hydroxylation is 1. The first-order valence-electron chi connectivity index (χ1n) is 6.61. The van der Waals surface area contributed by atoms with E-state index in [9.17, 15) is 14.4 Å². The minimum Gasteiger partial charge on any atom is -0.448 e. The van der Waals surface area contributed by atoms with Crippen LogP contribution in [-0.4, -0.2) is 24.0 Å². The highest BCUT2D eigenvalue weighted by Crippen LogP contribution is 2.16. The maximum absolute atomic E-state index is 12.2. The molecule has 1 unspecified atom stereocenters. The number of esters is 1. The number of rotatable bonds is 4. The molecule has 0 aliphatic heterocycles. The van der Waals surface area contributed by atoms with E-state index in [0.29, 0.717) is 5.56 Å². The lowest BCUT2D eigenvalue weighted by Gasteiger charge is -2.20. The summed E-state index contributed by atoms with van der Waals surface area (Å²) in [6.45, 7) is 7.11. The molecular formula is C15H20N2O4. The van der Waals surface area contributed by atoms with Crippen molar-refractivity contribution in [1.29, 1.82) is 0 Å². The molecule has 6 heteroatoms. The van der Waals surface area contributed by atoms with E-state index >= 15 is 0 Å². The van der Waals surface area contributed by atoms with Crippen molar-refractivity contribution in [2.45, 2.75) is 33.8 Å². The van der Waals surface area contributed by atoms with Crippen LogP contribution in [0.4, 0.5) is 4.79 Å². The van der Waals surface area contributed by atoms with Crippen molar-refractivity contribution in [3.8, 4) is 0 Å². The summed E-state index contributed by atoms with van der Waals surface area (Å²) in [5.74, 6) is -1.62. The summed E-state index contributed by atoms with van der Waals surface area (Å²) in [5, 5.41) is 1.93. The average molecular weight is 292 g/mol. The number of carbonyl (C=O) groups is 3. The smallest absolute Gasteiger partial charge is 0.339 e. The standard InChI is InChI=1S/C15H20N2O4/c1-8(2)12(13(18)17-15(16)20)21-14(19)11-7-5-6-9(3)10(11)4/h5-8,12H,1-4H3,(H3,16,17,18,20). The molecule has 0 radical (unpaired) electrons. The fourth-order valence-corrected chi connectivity index (χ4v) is 1.84. The van der Waals surface area contributed by atoms with Crippen molar-refractivity contribution in [1.82, 2.24) is 5.32 Å². The SMILES string of the molecule is Cc1cccc(C(=O)OC(C(=O)NC(N)=O)C(C)C)c1C. The van der Waals surface area contributed by atoms with Gasteiger partial charge in [-0.3, -0.25) is 10.1 Å². The van der Waals surface area contributed by atoms with Crippen LogP contribution in [0.15, 0.2) is 18.2 Å². The number of amides is 3. The maximum atomic E-state index is 12.2. The van der Waals surface area contributed by atoms with Gasteiger partial charge in [-0.15, -0.1) is 0 Å². The highest BCUT2D eigenvalue weighted by atomic mass is 16.5. The van der Waals surface area contributed by atoms with E-state index in [1.165, 1.54) is 0 Å². The third kappa shape index (κ3) is 4.30. The number of imide groups is 1. The summed E-state index contributed by atoms with van der Waals surface area (Å²) in [5.41, 5.74) is 7.04. The minimum absolute atomic E-state index is 0.293. The Labute approximate surface area is 123 Å². The molecule has 0 aliphatic rings. The molecule has 21 heavy (non-hydrogen) atoms. The zero-order valence-corrected chi connectivity index (χ0v) is 12.6. The molecule has 3 N–H and O–H groups in total. The van der Waals surface area contributed by atoms with Gasteiger partial charge in [0.05, 0.1) is 5.56 Å². The summed E-state index contributed by atoms with van der Waals surface area (Å²) in [4.78, 5) is 34.8. The van der Waals surface area contributed by atoms with Crippen molar-refractivity contribution < 1.29 is 19.1 Å². The van der Waals surface area contributed by atoms with Crippen molar-refractivity contribution in [2.75, 3.05) is 0 Å². The topological polar surface area (TPSA) is 98.5 Å². The Hall–Kier alpha value is -2.37. The molecule has 1 rings (SSSR count). The van der Waals surface area contributed by atoms with E-state index < -0.39 is 24.0 Å². The molecule has 1 atom stereocenters. The molecule has 0 fully saturated rings. The number of carbonyl (C=O) groups excluding carboxylic acids is 3. The van der Waals surface area contributed by atoms with Gasteiger partial charge in [0.1, 0.15) is 0 Å². The Kier molecular flexibility index (Phi) is 5.46. The normalized spacial score (nSPS) is 11.9. The molecule has 0 heterocycles. The molecular weight excluding hydrogens is 272 g/mol. The lowest BCUT2D eigenvalue weighted by molar-refractivity contribution is -0.130. The van der Waals surface area contributed by atoms with Crippen LogP contribution in [0.25, 0.3) is 0 Å². The molecule has 0 saturated heterocycles. The zero-order chi connectivity index (χ0) is 16.2. The number of hydrogen-bond acceptors (Lipinski definition) is 4. The summed E-state index contributed by atoms with van der Waals surface area (Å²) in [6.07, 6.45) is -1.08. The van der Waals surface area contributed by atoms with E-state index in [0.717, 1.165) is 11.1 Å². The highest BCUT2D eigenvalue weighted by molar-refractivity contribution is 5.98. The molecule has 1 aromatic carbocycles. The van der Waals surface area contributed by atoms with Crippen molar-refractivity contribution >= 4 is 17.9 Å². The van der Waals surface area contributed by atoms with Gasteiger partial charge in [0.15, 0.2) is 6.10 Å². The minimum atomic E-state index is -1.08. The molecule has 114 valence electrons. The van der Waals surface area contributed by atoms with Gasteiger partial charge in [-0.05, 0) is 37.0 Å². The van der Waals surface area contributed by atoms with Gasteiger partial charge in [-0.1, -0.05) is 26.0 Å². The number of nitrogens with one attached hydrogen (secondary N) is 1. The second-order valence-corrected chi connectivity index (χ2v) is 5.17. The third-order valence-electron chi connectivity index (χ3n) is 3.17. The largest absolute Gasteiger partial charge is 0.448 e. The first-order valence-corrected chi connectivity index (χ1v) is 6.61. The predicted octanol–water partition coefficient (Wildman–Crippen LogP) is 1.68. The van der Waals surface area contributed by atoms with Crippen LogP contribution in [0, 0.1) is 19.8 Å². The van der Waals surface area contributed by atoms with Gasteiger partial charge in [0.25, 0.3) is 5.91 Å². The van der Waals surface area contributed by atoms with E-state index in [1.54, 1.807) is 32.9 Å². The van der Waals surface area contributed by atoms with Crippen LogP contribution in [0.3, 0.4) is 0 Å². The predicted molar refractivity (Wildman–Crippen MR) is 77.7 cm³/mol. The summed E-state index contributed by atoms with van der Waals surface area (Å²) >= 11 is 0. The van der Waals surface area contributed by atoms with Crippen molar-refractivity contribution in [2.24, 2.45) is 11.7 Å². The first-order chi connectivity index (χ1) is 9.73. The molecule has 3 amide bonds. The summed E-state index contributed by atoms with van der Waals surface area (Å²) in [6, 6.07) is 4.28. The van der Waals surface area contributed by atoms with Crippen molar-refractivity contribution in [3.63, 3.8) is 0 Å². The average Bonchev–Trinajstić information content (AvgIpc) is 2.37. The Bertz CT molecular complexity index is 567. The molecule has 6 nitrogen and oxygen atoms in total. The van der Waals surface area contributed by atoms with E-state index in [-0.39, 0.29) is 5.92 Å². The van der Waals surface area contributed by atoms with Gasteiger partial charge < -0.3 is 10.5 Å². The fraction of sp³-hybridized carbons (Fsp3) is 0.400. The van der Waals surface area contributed by atoms with Gasteiger partial charge in [-0.2, -0.15) is 0 Å². The zero-order valence-electron chi connectivity index (χ0n) is 12.6. The molecule has 1 aromatic rings. The van der Waals surface area contributed by atoms with E-state index in [2.05, 4.69) is 0 Å². The van der Waals surface area contributed by atoms with Crippen LogP contribution in [0.1, 0.15) is 35.3 Å². The number of primary amides is 1. The van der Waals surface area contributed by atoms with Gasteiger partial charge >= 0.3 is 12.0 Å². The second-order valence-electron chi connectivity index (χ2n) is 5.17.